The molecule has 5 heteroatoms. The van der Waals surface area contributed by atoms with Gasteiger partial charge in [-0.2, -0.15) is 13.2 Å². The van der Waals surface area contributed by atoms with Gasteiger partial charge in [0.2, 0.25) is 0 Å². The van der Waals surface area contributed by atoms with Crippen molar-refractivity contribution < 1.29 is 18.3 Å². The van der Waals surface area contributed by atoms with Crippen molar-refractivity contribution in [3.05, 3.63) is 0 Å². The summed E-state index contributed by atoms with van der Waals surface area (Å²) >= 11 is 0. The molecular formula is C11H20F3NO. The van der Waals surface area contributed by atoms with Crippen molar-refractivity contribution in [2.75, 3.05) is 13.2 Å². The molecule has 0 bridgehead atoms. The number of nitrogens with one attached hydrogen (secondary N) is 1. The molecule has 2 nitrogen and oxygen atoms in total. The van der Waals surface area contributed by atoms with Gasteiger partial charge in [0, 0.05) is 19.1 Å². The molecule has 0 spiro atoms. The van der Waals surface area contributed by atoms with Crippen LogP contribution < -0.4 is 5.32 Å². The average molecular weight is 239 g/mol. The van der Waals surface area contributed by atoms with Crippen LogP contribution in [0.25, 0.3) is 0 Å². The maximum absolute atomic E-state index is 11.9. The zero-order valence-electron chi connectivity index (χ0n) is 9.39. The van der Waals surface area contributed by atoms with E-state index >= 15 is 0 Å². The maximum Gasteiger partial charge on any atom is 0.389 e. The van der Waals surface area contributed by atoms with Crippen molar-refractivity contribution in [3.63, 3.8) is 0 Å². The fourth-order valence-electron chi connectivity index (χ4n) is 2.27. The van der Waals surface area contributed by atoms with Crippen LogP contribution in [0.3, 0.4) is 0 Å². The minimum absolute atomic E-state index is 0.123. The van der Waals surface area contributed by atoms with Crippen LogP contribution in [0.5, 0.6) is 0 Å². The molecule has 1 aliphatic rings. The topological polar surface area (TPSA) is 32.3 Å². The van der Waals surface area contributed by atoms with Gasteiger partial charge in [0.05, 0.1) is 0 Å². The summed E-state index contributed by atoms with van der Waals surface area (Å²) in [5, 5.41) is 12.3. The van der Waals surface area contributed by atoms with E-state index in [1.807, 2.05) is 0 Å². The van der Waals surface area contributed by atoms with Crippen LogP contribution in [0.2, 0.25) is 0 Å². The summed E-state index contributed by atoms with van der Waals surface area (Å²) in [6.07, 6.45) is -0.483. The third kappa shape index (κ3) is 5.16. The Bertz CT molecular complexity index is 196. The second-order valence-electron chi connectivity index (χ2n) is 4.51. The molecule has 0 radical (unpaired) electrons. The Kier molecular flexibility index (Phi) is 5.55. The van der Waals surface area contributed by atoms with Gasteiger partial charge >= 0.3 is 6.18 Å². The highest BCUT2D eigenvalue weighted by molar-refractivity contribution is 4.80. The van der Waals surface area contributed by atoms with E-state index in [0.717, 1.165) is 25.7 Å². The molecule has 16 heavy (non-hydrogen) atoms. The quantitative estimate of drug-likeness (QED) is 0.722. The molecule has 0 aromatic rings. The number of aliphatic hydroxyl groups is 1. The number of aliphatic hydroxyl groups excluding tert-OH is 1. The van der Waals surface area contributed by atoms with Crippen molar-refractivity contribution in [1.82, 2.24) is 5.32 Å². The van der Waals surface area contributed by atoms with Gasteiger partial charge in [-0.15, -0.1) is 0 Å². The predicted molar refractivity (Wildman–Crippen MR) is 56.1 cm³/mol. The van der Waals surface area contributed by atoms with Crippen LogP contribution in [0, 0.1) is 5.92 Å². The largest absolute Gasteiger partial charge is 0.396 e. The molecule has 2 atom stereocenters. The number of hydrogen-bond donors (Lipinski definition) is 2. The summed E-state index contributed by atoms with van der Waals surface area (Å²) in [7, 11) is 0. The predicted octanol–water partition coefficient (Wildman–Crippen LogP) is 2.47. The normalized spacial score (nSPS) is 27.0. The number of rotatable bonds is 5. The molecule has 96 valence electrons. The van der Waals surface area contributed by atoms with Crippen LogP contribution in [0.4, 0.5) is 13.2 Å². The number of halogens is 3. The van der Waals surface area contributed by atoms with Gasteiger partial charge in [-0.1, -0.05) is 12.8 Å². The van der Waals surface area contributed by atoms with Crippen molar-refractivity contribution in [3.8, 4) is 0 Å². The summed E-state index contributed by atoms with van der Waals surface area (Å²) in [5.41, 5.74) is 0. The molecule has 0 saturated heterocycles. The van der Waals surface area contributed by atoms with E-state index in [4.69, 9.17) is 5.11 Å². The van der Waals surface area contributed by atoms with Gasteiger partial charge in [-0.25, -0.2) is 0 Å². The summed E-state index contributed by atoms with van der Waals surface area (Å²) in [6.45, 7) is 0.525. The standard InChI is InChI=1S/C11H20F3NO/c12-11(13,14)6-3-7-15-10-5-2-1-4-9(10)8-16/h9-10,15-16H,1-8H2. The molecule has 0 aromatic heterocycles. The fourth-order valence-corrected chi connectivity index (χ4v) is 2.27. The van der Waals surface area contributed by atoms with Crippen molar-refractivity contribution in [2.45, 2.75) is 50.7 Å². The van der Waals surface area contributed by atoms with E-state index in [9.17, 15) is 13.2 Å². The number of hydrogen-bond acceptors (Lipinski definition) is 2. The molecule has 0 amide bonds. The maximum atomic E-state index is 11.9. The van der Waals surface area contributed by atoms with Crippen molar-refractivity contribution in [1.29, 1.82) is 0 Å². The summed E-state index contributed by atoms with van der Waals surface area (Å²) in [5.74, 6) is 0.222. The summed E-state index contributed by atoms with van der Waals surface area (Å²) < 4.78 is 35.7. The first-order chi connectivity index (χ1) is 7.53. The molecule has 2 N–H and O–H groups in total. The first-order valence-corrected chi connectivity index (χ1v) is 5.94. The lowest BCUT2D eigenvalue weighted by molar-refractivity contribution is -0.135. The van der Waals surface area contributed by atoms with Crippen molar-refractivity contribution in [2.24, 2.45) is 5.92 Å². The van der Waals surface area contributed by atoms with Gasteiger partial charge in [-0.05, 0) is 31.7 Å². The monoisotopic (exact) mass is 239 g/mol. The Labute approximate surface area is 94.2 Å². The second kappa shape index (κ2) is 6.45. The van der Waals surface area contributed by atoms with Crippen LogP contribution in [-0.4, -0.2) is 30.5 Å². The number of alkyl halides is 3. The first-order valence-electron chi connectivity index (χ1n) is 5.94. The molecule has 1 aliphatic carbocycles. The molecular weight excluding hydrogens is 219 g/mol. The van der Waals surface area contributed by atoms with Gasteiger partial charge in [0.15, 0.2) is 0 Å². The highest BCUT2D eigenvalue weighted by atomic mass is 19.4. The van der Waals surface area contributed by atoms with E-state index in [1.165, 1.54) is 0 Å². The Morgan fingerprint density at radius 3 is 2.50 bits per heavy atom. The Morgan fingerprint density at radius 1 is 1.19 bits per heavy atom. The Hall–Kier alpha value is -0.290. The smallest absolute Gasteiger partial charge is 0.389 e. The van der Waals surface area contributed by atoms with E-state index in [0.29, 0.717) is 6.54 Å². The second-order valence-corrected chi connectivity index (χ2v) is 4.51. The zero-order valence-corrected chi connectivity index (χ0v) is 9.39. The third-order valence-electron chi connectivity index (χ3n) is 3.19. The molecule has 1 saturated carbocycles. The van der Waals surface area contributed by atoms with Crippen LogP contribution in [0.1, 0.15) is 38.5 Å². The minimum atomic E-state index is -4.05. The molecule has 1 rings (SSSR count). The molecule has 1 fully saturated rings. The van der Waals surface area contributed by atoms with Crippen molar-refractivity contribution >= 4 is 0 Å². The molecule has 2 unspecified atom stereocenters. The average Bonchev–Trinajstić information content (AvgIpc) is 2.23. The highest BCUT2D eigenvalue weighted by Gasteiger charge is 2.27. The molecule has 0 aliphatic heterocycles. The Balaban J connectivity index is 2.15. The van der Waals surface area contributed by atoms with Crippen LogP contribution in [0.15, 0.2) is 0 Å². The SMILES string of the molecule is OCC1CCCCC1NCCCC(F)(F)F. The van der Waals surface area contributed by atoms with Crippen LogP contribution >= 0.6 is 0 Å². The summed E-state index contributed by atoms with van der Waals surface area (Å²) in [6, 6.07) is 0.201. The third-order valence-corrected chi connectivity index (χ3v) is 3.19. The summed E-state index contributed by atoms with van der Waals surface area (Å²) in [4.78, 5) is 0. The molecule has 0 aromatic carbocycles. The highest BCUT2D eigenvalue weighted by Crippen LogP contribution is 2.24. The zero-order chi connectivity index (χ0) is 12.0. The fraction of sp³-hybridized carbons (Fsp3) is 1.00. The van der Waals surface area contributed by atoms with E-state index < -0.39 is 12.6 Å². The van der Waals surface area contributed by atoms with E-state index in [1.54, 1.807) is 0 Å². The Morgan fingerprint density at radius 2 is 1.88 bits per heavy atom. The lowest BCUT2D eigenvalue weighted by Gasteiger charge is -2.31. The lowest BCUT2D eigenvalue weighted by atomic mass is 9.85. The van der Waals surface area contributed by atoms with Gasteiger partial charge in [0.25, 0.3) is 0 Å². The van der Waals surface area contributed by atoms with E-state index in [2.05, 4.69) is 5.32 Å². The lowest BCUT2D eigenvalue weighted by Crippen LogP contribution is -2.40. The molecule has 0 heterocycles. The van der Waals surface area contributed by atoms with Gasteiger partial charge in [0.1, 0.15) is 0 Å². The van der Waals surface area contributed by atoms with Gasteiger partial charge in [-0.3, -0.25) is 0 Å². The van der Waals surface area contributed by atoms with Gasteiger partial charge < -0.3 is 10.4 Å². The minimum Gasteiger partial charge on any atom is -0.396 e. The first kappa shape index (κ1) is 13.8. The van der Waals surface area contributed by atoms with Crippen LogP contribution in [-0.2, 0) is 0 Å². The van der Waals surface area contributed by atoms with E-state index in [-0.39, 0.29) is 25.0 Å².